The van der Waals surface area contributed by atoms with E-state index in [0.717, 1.165) is 5.13 Å². The van der Waals surface area contributed by atoms with Gasteiger partial charge >= 0.3 is 5.82 Å². The second-order valence-corrected chi connectivity index (χ2v) is 6.10. The fourth-order valence-electron chi connectivity index (χ4n) is 2.42. The summed E-state index contributed by atoms with van der Waals surface area (Å²) in [5.41, 5.74) is 0. The van der Waals surface area contributed by atoms with E-state index in [1.54, 1.807) is 18.9 Å². The van der Waals surface area contributed by atoms with Gasteiger partial charge in [0, 0.05) is 33.1 Å². The first-order valence-corrected chi connectivity index (χ1v) is 7.79. The minimum Gasteiger partial charge on any atom is -0.358 e. The highest BCUT2D eigenvalue weighted by atomic mass is 32.1. The van der Waals surface area contributed by atoms with Gasteiger partial charge in [-0.25, -0.2) is 9.55 Å². The minimum absolute atomic E-state index is 0.0722. The first-order valence-electron chi connectivity index (χ1n) is 6.98. The van der Waals surface area contributed by atoms with E-state index in [1.807, 2.05) is 0 Å². The largest absolute Gasteiger partial charge is 0.358 e. The Kier molecular flexibility index (Phi) is 3.94. The molecule has 0 radical (unpaired) electrons. The predicted molar refractivity (Wildman–Crippen MR) is 83.2 cm³/mol. The van der Waals surface area contributed by atoms with Crippen molar-refractivity contribution < 1.29 is 9.72 Å². The Morgan fingerprint density at radius 1 is 1.30 bits per heavy atom. The maximum Gasteiger partial charge on any atom is 0.342 e. The summed E-state index contributed by atoms with van der Waals surface area (Å²) >= 11 is 1.34. The van der Waals surface area contributed by atoms with Crippen molar-refractivity contribution in [3.8, 4) is 10.8 Å². The molecule has 0 saturated carbocycles. The van der Waals surface area contributed by atoms with Gasteiger partial charge in [-0.1, -0.05) is 11.3 Å². The Balaban J connectivity index is 1.77. The molecule has 0 aliphatic carbocycles. The number of carbonyl (C=O) groups excluding carboxylic acids is 1. The van der Waals surface area contributed by atoms with Gasteiger partial charge in [-0.15, -0.1) is 10.2 Å². The van der Waals surface area contributed by atoms with Gasteiger partial charge in [0.2, 0.25) is 16.0 Å². The summed E-state index contributed by atoms with van der Waals surface area (Å²) in [7, 11) is 1.58. The number of imidazole rings is 1. The van der Waals surface area contributed by atoms with Crippen LogP contribution in [0.3, 0.4) is 0 Å². The van der Waals surface area contributed by atoms with Crippen LogP contribution in [0.25, 0.3) is 10.8 Å². The molecule has 0 bridgehead atoms. The first-order chi connectivity index (χ1) is 11.0. The van der Waals surface area contributed by atoms with Gasteiger partial charge in [0.25, 0.3) is 5.82 Å². The second-order valence-electron chi connectivity index (χ2n) is 5.14. The molecule has 1 amide bonds. The Morgan fingerprint density at radius 3 is 2.57 bits per heavy atom. The molecule has 3 rings (SSSR count). The summed E-state index contributed by atoms with van der Waals surface area (Å²) in [6.07, 6.45) is 1.21. The number of hydrogen-bond donors (Lipinski definition) is 0. The average Bonchev–Trinajstić information content (AvgIpc) is 3.13. The van der Waals surface area contributed by atoms with Gasteiger partial charge in [-0.05, 0) is 4.92 Å². The van der Waals surface area contributed by atoms with E-state index < -0.39 is 4.92 Å². The van der Waals surface area contributed by atoms with E-state index >= 15 is 0 Å². The fraction of sp³-hybridized carbons (Fsp3) is 0.500. The highest BCUT2D eigenvalue weighted by Crippen LogP contribution is 2.30. The van der Waals surface area contributed by atoms with E-state index in [0.29, 0.717) is 37.0 Å². The molecule has 3 heterocycles. The lowest BCUT2D eigenvalue weighted by atomic mass is 10.3. The summed E-state index contributed by atoms with van der Waals surface area (Å²) in [5, 5.41) is 20.4. The molecular weight excluding hydrogens is 322 g/mol. The number of hydrogen-bond acceptors (Lipinski definition) is 8. The first kappa shape index (κ1) is 15.3. The van der Waals surface area contributed by atoms with Crippen LogP contribution in [0, 0.1) is 10.1 Å². The van der Waals surface area contributed by atoms with Crippen molar-refractivity contribution in [2.75, 3.05) is 31.1 Å². The smallest absolute Gasteiger partial charge is 0.342 e. The molecule has 0 atom stereocenters. The summed E-state index contributed by atoms with van der Waals surface area (Å²) in [6.45, 7) is 4.24. The molecule has 1 aliphatic heterocycles. The fourth-order valence-corrected chi connectivity index (χ4v) is 3.34. The van der Waals surface area contributed by atoms with Crippen LogP contribution in [-0.4, -0.2) is 61.7 Å². The van der Waals surface area contributed by atoms with Crippen LogP contribution in [0.2, 0.25) is 0 Å². The Bertz CT molecular complexity index is 748. The van der Waals surface area contributed by atoms with Gasteiger partial charge in [-0.2, -0.15) is 0 Å². The summed E-state index contributed by atoms with van der Waals surface area (Å²) < 4.78 is 1.39. The van der Waals surface area contributed by atoms with E-state index in [2.05, 4.69) is 20.1 Å². The third-order valence-corrected chi connectivity index (χ3v) is 4.73. The summed E-state index contributed by atoms with van der Waals surface area (Å²) in [4.78, 5) is 29.6. The predicted octanol–water partition coefficient (Wildman–Crippen LogP) is 0.515. The monoisotopic (exact) mass is 337 g/mol. The number of anilines is 1. The molecule has 2 aromatic rings. The van der Waals surface area contributed by atoms with Crippen molar-refractivity contribution in [3.63, 3.8) is 0 Å². The van der Waals surface area contributed by atoms with Gasteiger partial charge in [0.15, 0.2) is 0 Å². The number of nitrogens with zero attached hydrogens (tertiary/aromatic N) is 7. The zero-order valence-corrected chi connectivity index (χ0v) is 13.5. The van der Waals surface area contributed by atoms with Crippen molar-refractivity contribution in [1.82, 2.24) is 24.6 Å². The van der Waals surface area contributed by atoms with Crippen molar-refractivity contribution in [2.45, 2.75) is 6.92 Å². The van der Waals surface area contributed by atoms with Gasteiger partial charge in [-0.3, -0.25) is 4.79 Å². The molecule has 10 nitrogen and oxygen atoms in total. The molecule has 1 saturated heterocycles. The van der Waals surface area contributed by atoms with E-state index in [9.17, 15) is 14.9 Å². The van der Waals surface area contributed by atoms with Crippen LogP contribution in [0.15, 0.2) is 6.20 Å². The maximum absolute atomic E-state index is 11.3. The van der Waals surface area contributed by atoms with E-state index in [1.165, 1.54) is 22.1 Å². The number of amides is 1. The van der Waals surface area contributed by atoms with Crippen LogP contribution in [0.4, 0.5) is 10.9 Å². The topological polar surface area (TPSA) is 110 Å². The normalized spacial score (nSPS) is 15.0. The third kappa shape index (κ3) is 2.86. The molecule has 0 aromatic carbocycles. The van der Waals surface area contributed by atoms with Crippen molar-refractivity contribution in [1.29, 1.82) is 0 Å². The van der Waals surface area contributed by atoms with Crippen LogP contribution in [0.5, 0.6) is 0 Å². The molecule has 0 spiro atoms. The number of rotatable bonds is 3. The highest BCUT2D eigenvalue weighted by molar-refractivity contribution is 7.18. The Hall–Kier alpha value is -2.56. The lowest BCUT2D eigenvalue weighted by Crippen LogP contribution is -2.48. The van der Waals surface area contributed by atoms with Gasteiger partial charge < -0.3 is 19.9 Å². The van der Waals surface area contributed by atoms with Crippen molar-refractivity contribution in [2.24, 2.45) is 7.05 Å². The van der Waals surface area contributed by atoms with E-state index in [4.69, 9.17) is 0 Å². The average molecular weight is 337 g/mol. The lowest BCUT2D eigenvalue weighted by molar-refractivity contribution is -0.391. The van der Waals surface area contributed by atoms with Crippen LogP contribution in [0.1, 0.15) is 6.92 Å². The number of nitro groups is 1. The van der Waals surface area contributed by atoms with Crippen molar-refractivity contribution in [3.05, 3.63) is 16.3 Å². The summed E-state index contributed by atoms with van der Waals surface area (Å²) in [5.74, 6) is 0.401. The SMILES string of the molecule is CC(=O)N1CCN(c2nnc(-c3ncc([N+](=O)[O-])n3C)s2)CC1. The molecular formula is C12H15N7O3S. The number of aromatic nitrogens is 4. The molecule has 1 fully saturated rings. The standard InChI is InChI=1S/C12H15N7O3S/c1-8(20)17-3-5-18(6-4-17)12-15-14-11(23-12)10-13-7-9(16(10)2)19(21)22/h7H,3-6H2,1-2H3. The zero-order valence-electron chi connectivity index (χ0n) is 12.7. The number of carbonyl (C=O) groups is 1. The molecule has 11 heteroatoms. The summed E-state index contributed by atoms with van der Waals surface area (Å²) in [6, 6.07) is 0. The molecule has 1 aliphatic rings. The van der Waals surface area contributed by atoms with E-state index in [-0.39, 0.29) is 11.7 Å². The number of piperazine rings is 1. The van der Waals surface area contributed by atoms with Crippen LogP contribution < -0.4 is 4.90 Å². The van der Waals surface area contributed by atoms with Gasteiger partial charge in [0.1, 0.15) is 6.20 Å². The van der Waals surface area contributed by atoms with Crippen LogP contribution in [-0.2, 0) is 11.8 Å². The van der Waals surface area contributed by atoms with Crippen LogP contribution >= 0.6 is 11.3 Å². The zero-order chi connectivity index (χ0) is 16.6. The maximum atomic E-state index is 11.3. The second kappa shape index (κ2) is 5.91. The Labute approximate surface area is 135 Å². The molecule has 122 valence electrons. The molecule has 0 unspecified atom stereocenters. The quantitative estimate of drug-likeness (QED) is 0.593. The lowest BCUT2D eigenvalue weighted by Gasteiger charge is -2.33. The minimum atomic E-state index is -0.487. The molecule has 23 heavy (non-hydrogen) atoms. The highest BCUT2D eigenvalue weighted by Gasteiger charge is 2.25. The molecule has 2 aromatic heterocycles. The van der Waals surface area contributed by atoms with Gasteiger partial charge in [0.05, 0.1) is 7.05 Å². The van der Waals surface area contributed by atoms with Crippen molar-refractivity contribution >= 4 is 28.2 Å². The molecule has 0 N–H and O–H groups in total. The third-order valence-electron chi connectivity index (χ3n) is 3.75. The Morgan fingerprint density at radius 2 is 2.00 bits per heavy atom.